The van der Waals surface area contributed by atoms with Gasteiger partial charge in [-0.3, -0.25) is 9.35 Å². The van der Waals surface area contributed by atoms with Crippen LogP contribution in [0.3, 0.4) is 0 Å². The Morgan fingerprint density at radius 3 is 2.52 bits per heavy atom. The van der Waals surface area contributed by atoms with Crippen LogP contribution in [-0.2, 0) is 19.6 Å². The Kier molecular flexibility index (Phi) is 9.86. The molecular formula is C30H33N5O8S. The second-order valence-electron chi connectivity index (χ2n) is 10.1. The highest BCUT2D eigenvalue weighted by atomic mass is 32.2. The van der Waals surface area contributed by atoms with Crippen molar-refractivity contribution in [1.29, 1.82) is 0 Å². The van der Waals surface area contributed by atoms with Crippen molar-refractivity contribution in [2.75, 3.05) is 23.5 Å². The van der Waals surface area contributed by atoms with E-state index in [1.807, 2.05) is 38.1 Å². The predicted octanol–water partition coefficient (Wildman–Crippen LogP) is 4.64. The van der Waals surface area contributed by atoms with E-state index in [1.165, 1.54) is 13.3 Å². The minimum absolute atomic E-state index is 0.120. The maximum Gasteiger partial charge on any atom is 0.342 e. The molecule has 0 unspecified atom stereocenters. The van der Waals surface area contributed by atoms with Crippen LogP contribution >= 0.6 is 0 Å². The number of rotatable bonds is 12. The average Bonchev–Trinajstić information content (AvgIpc) is 3.29. The Labute approximate surface area is 254 Å². The second kappa shape index (κ2) is 13.6. The molecule has 2 aromatic heterocycles. The highest BCUT2D eigenvalue weighted by Gasteiger charge is 2.23. The number of aromatic nitrogens is 3. The summed E-state index contributed by atoms with van der Waals surface area (Å²) in [4.78, 5) is 40.5. The van der Waals surface area contributed by atoms with Crippen LogP contribution in [-0.4, -0.2) is 64.6 Å². The van der Waals surface area contributed by atoms with E-state index >= 15 is 0 Å². The van der Waals surface area contributed by atoms with Crippen LogP contribution in [0.25, 0.3) is 22.2 Å². The third-order valence-electron chi connectivity index (χ3n) is 5.90. The normalized spacial score (nSPS) is 11.7. The van der Waals surface area contributed by atoms with E-state index in [0.717, 1.165) is 23.1 Å². The van der Waals surface area contributed by atoms with E-state index in [1.54, 1.807) is 43.0 Å². The van der Waals surface area contributed by atoms with Crippen molar-refractivity contribution < 1.29 is 36.9 Å². The summed E-state index contributed by atoms with van der Waals surface area (Å²) in [6, 6.07) is 12.3. The standard InChI is InChI=1S/C30H33N5O8S/c1-18(2)42-29(37)22-16-31-30(34-28(22)23-17-35(43-19(3)4)25-10-7-6-9-21(23)25)33-24-15-20(12-13-26(24)41-5)32-27(36)11-8-14-44(38,39)40/h6-13,15-19H,14H2,1-5H3,(H,32,36)(H,31,33,34)(H,38,39,40)/b11-8+. The first-order valence-electron chi connectivity index (χ1n) is 13.6. The van der Waals surface area contributed by atoms with E-state index < -0.39 is 27.7 Å². The topological polar surface area (TPSA) is 171 Å². The number of anilines is 3. The summed E-state index contributed by atoms with van der Waals surface area (Å²) in [6.07, 6.45) is 4.67. The van der Waals surface area contributed by atoms with E-state index in [-0.39, 0.29) is 23.7 Å². The molecule has 0 radical (unpaired) electrons. The zero-order valence-electron chi connectivity index (χ0n) is 24.8. The molecule has 3 N–H and O–H groups in total. The summed E-state index contributed by atoms with van der Waals surface area (Å²) in [6.45, 7) is 7.32. The number of fused-ring (bicyclic) bond motifs is 1. The van der Waals surface area contributed by atoms with Crippen molar-refractivity contribution in [3.8, 4) is 17.0 Å². The largest absolute Gasteiger partial charge is 0.495 e. The quantitative estimate of drug-likeness (QED) is 0.114. The number of amides is 1. The number of benzene rings is 2. The Balaban J connectivity index is 1.74. The minimum Gasteiger partial charge on any atom is -0.495 e. The van der Waals surface area contributed by atoms with Crippen LogP contribution in [0.4, 0.5) is 17.3 Å². The third-order valence-corrected chi connectivity index (χ3v) is 6.51. The average molecular weight is 624 g/mol. The molecule has 1 amide bonds. The predicted molar refractivity (Wildman–Crippen MR) is 166 cm³/mol. The Morgan fingerprint density at radius 2 is 1.84 bits per heavy atom. The lowest BCUT2D eigenvalue weighted by Gasteiger charge is -2.15. The van der Waals surface area contributed by atoms with E-state index in [4.69, 9.17) is 23.8 Å². The first kappa shape index (κ1) is 32.0. The van der Waals surface area contributed by atoms with Gasteiger partial charge in [-0.2, -0.15) is 13.1 Å². The molecule has 0 aliphatic heterocycles. The number of carbonyl (C=O) groups excluding carboxylic acids is 2. The van der Waals surface area contributed by atoms with Crippen molar-refractivity contribution in [1.82, 2.24) is 14.7 Å². The molecule has 0 bridgehead atoms. The molecule has 13 nitrogen and oxygen atoms in total. The number of nitrogens with zero attached hydrogens (tertiary/aromatic N) is 3. The Hall–Kier alpha value is -4.95. The lowest BCUT2D eigenvalue weighted by Crippen LogP contribution is -2.17. The number of nitrogens with one attached hydrogen (secondary N) is 2. The van der Waals surface area contributed by atoms with Gasteiger partial charge in [0.1, 0.15) is 17.4 Å². The van der Waals surface area contributed by atoms with Gasteiger partial charge in [0, 0.05) is 28.9 Å². The van der Waals surface area contributed by atoms with Gasteiger partial charge in [0.15, 0.2) is 0 Å². The zero-order valence-corrected chi connectivity index (χ0v) is 25.6. The summed E-state index contributed by atoms with van der Waals surface area (Å²) in [7, 11) is -2.77. The fourth-order valence-corrected chi connectivity index (χ4v) is 4.53. The zero-order chi connectivity index (χ0) is 32.0. The van der Waals surface area contributed by atoms with Crippen LogP contribution in [0.5, 0.6) is 5.75 Å². The van der Waals surface area contributed by atoms with Gasteiger partial charge in [-0.1, -0.05) is 24.3 Å². The molecule has 44 heavy (non-hydrogen) atoms. The summed E-state index contributed by atoms with van der Waals surface area (Å²) >= 11 is 0. The summed E-state index contributed by atoms with van der Waals surface area (Å²) in [5, 5.41) is 6.48. The van der Waals surface area contributed by atoms with Crippen LogP contribution in [0.1, 0.15) is 38.1 Å². The second-order valence-corrected chi connectivity index (χ2v) is 11.6. The molecule has 232 valence electrons. The highest BCUT2D eigenvalue weighted by Crippen LogP contribution is 2.34. The van der Waals surface area contributed by atoms with E-state index in [2.05, 4.69) is 15.6 Å². The highest BCUT2D eigenvalue weighted by molar-refractivity contribution is 7.85. The van der Waals surface area contributed by atoms with Gasteiger partial charge in [0.25, 0.3) is 10.1 Å². The van der Waals surface area contributed by atoms with Crippen LogP contribution in [0, 0.1) is 0 Å². The fraction of sp³-hybridized carbons (Fsp3) is 0.267. The van der Waals surface area contributed by atoms with Gasteiger partial charge in [-0.05, 0) is 52.0 Å². The molecule has 0 saturated carbocycles. The number of esters is 1. The van der Waals surface area contributed by atoms with Gasteiger partial charge in [-0.15, -0.1) is 0 Å². The lowest BCUT2D eigenvalue weighted by atomic mass is 10.1. The number of ether oxygens (including phenoxy) is 2. The molecule has 4 rings (SSSR count). The number of hydrogen-bond acceptors (Lipinski definition) is 10. The van der Waals surface area contributed by atoms with Gasteiger partial charge in [-0.25, -0.2) is 14.8 Å². The Morgan fingerprint density at radius 1 is 1.09 bits per heavy atom. The summed E-state index contributed by atoms with van der Waals surface area (Å²) < 4.78 is 43.2. The molecular weight excluding hydrogens is 590 g/mol. The fourth-order valence-electron chi connectivity index (χ4n) is 4.19. The molecule has 0 aliphatic rings. The summed E-state index contributed by atoms with van der Waals surface area (Å²) in [5.41, 5.74) is 2.60. The van der Waals surface area contributed by atoms with Gasteiger partial charge in [0.05, 0.1) is 42.1 Å². The number of carbonyl (C=O) groups is 2. The maximum atomic E-state index is 13.1. The Bertz CT molecular complexity index is 1820. The third kappa shape index (κ3) is 8.11. The number of para-hydroxylation sites is 1. The minimum atomic E-state index is -4.24. The monoisotopic (exact) mass is 623 g/mol. The van der Waals surface area contributed by atoms with Crippen molar-refractivity contribution in [2.24, 2.45) is 0 Å². The molecule has 4 aromatic rings. The van der Waals surface area contributed by atoms with E-state index in [0.29, 0.717) is 28.4 Å². The molecule has 14 heteroatoms. The molecule has 0 aliphatic carbocycles. The number of hydrogen-bond donors (Lipinski definition) is 3. The maximum absolute atomic E-state index is 13.1. The van der Waals surface area contributed by atoms with Gasteiger partial charge < -0.3 is 24.9 Å². The van der Waals surface area contributed by atoms with Crippen LogP contribution in [0.2, 0.25) is 0 Å². The van der Waals surface area contributed by atoms with Crippen molar-refractivity contribution in [3.05, 3.63) is 72.6 Å². The van der Waals surface area contributed by atoms with Crippen molar-refractivity contribution in [2.45, 2.75) is 39.9 Å². The molecule has 0 spiro atoms. The first-order chi connectivity index (χ1) is 20.8. The van der Waals surface area contributed by atoms with E-state index in [9.17, 15) is 18.0 Å². The molecule has 2 heterocycles. The summed E-state index contributed by atoms with van der Waals surface area (Å²) in [5.74, 6) is -1.37. The first-order valence-corrected chi connectivity index (χ1v) is 15.2. The van der Waals surface area contributed by atoms with Crippen LogP contribution in [0.15, 0.2) is 67.0 Å². The molecule has 0 saturated heterocycles. The SMILES string of the molecule is COc1ccc(NC(=O)/C=C/CS(=O)(=O)O)cc1Nc1ncc(C(=O)OC(C)C)c(-c2cn(OC(C)C)c3ccccc23)n1. The molecule has 0 fully saturated rings. The van der Waals surface area contributed by atoms with Crippen molar-refractivity contribution in [3.63, 3.8) is 0 Å². The van der Waals surface area contributed by atoms with Crippen molar-refractivity contribution >= 4 is 50.2 Å². The molecule has 0 atom stereocenters. The number of methoxy groups -OCH3 is 1. The van der Waals surface area contributed by atoms with Gasteiger partial charge >= 0.3 is 5.97 Å². The lowest BCUT2D eigenvalue weighted by molar-refractivity contribution is -0.111. The van der Waals surface area contributed by atoms with Gasteiger partial charge in [0.2, 0.25) is 11.9 Å². The molecule has 2 aromatic carbocycles. The smallest absolute Gasteiger partial charge is 0.342 e. The van der Waals surface area contributed by atoms with Crippen LogP contribution < -0.4 is 20.2 Å².